The Morgan fingerprint density at radius 3 is 2.62 bits per heavy atom. The summed E-state index contributed by atoms with van der Waals surface area (Å²) in [6, 6.07) is 1.99. The van der Waals surface area contributed by atoms with Crippen LogP contribution in [0.1, 0.15) is 13.8 Å². The van der Waals surface area contributed by atoms with Crippen LogP contribution in [-0.2, 0) is 4.79 Å². The van der Waals surface area contributed by atoms with Crippen molar-refractivity contribution < 1.29 is 4.79 Å². The van der Waals surface area contributed by atoms with Crippen LogP contribution in [0.5, 0.6) is 0 Å². The molecule has 1 rings (SSSR count). The molecule has 1 amide bonds. The number of nitrogens with zero attached hydrogens (tertiary/aromatic N) is 2. The van der Waals surface area contributed by atoms with Gasteiger partial charge in [0.05, 0.1) is 0 Å². The Bertz CT molecular complexity index is 310. The van der Waals surface area contributed by atoms with Crippen molar-refractivity contribution in [1.82, 2.24) is 15.5 Å². The quantitative estimate of drug-likeness (QED) is 0.513. The van der Waals surface area contributed by atoms with Gasteiger partial charge in [0.1, 0.15) is 11.6 Å². The van der Waals surface area contributed by atoms with Crippen molar-refractivity contribution in [3.8, 4) is 6.07 Å². The van der Waals surface area contributed by atoms with E-state index in [4.69, 9.17) is 5.26 Å². The van der Waals surface area contributed by atoms with Crippen LogP contribution < -0.4 is 10.6 Å². The third-order valence-corrected chi connectivity index (χ3v) is 2.25. The maximum atomic E-state index is 11.6. The van der Waals surface area contributed by atoms with Gasteiger partial charge in [0.25, 0.3) is 5.91 Å². The summed E-state index contributed by atoms with van der Waals surface area (Å²) in [7, 11) is 0. The Morgan fingerprint density at radius 1 is 1.50 bits per heavy atom. The lowest BCUT2D eigenvalue weighted by Gasteiger charge is -2.26. The van der Waals surface area contributed by atoms with E-state index in [2.05, 4.69) is 10.6 Å². The first kappa shape index (κ1) is 12.5. The number of hydrogen-bond acceptors (Lipinski definition) is 4. The van der Waals surface area contributed by atoms with Crippen molar-refractivity contribution in [2.24, 2.45) is 0 Å². The van der Waals surface area contributed by atoms with Gasteiger partial charge in [-0.1, -0.05) is 0 Å². The van der Waals surface area contributed by atoms with Gasteiger partial charge in [0.2, 0.25) is 0 Å². The molecule has 0 aromatic carbocycles. The number of piperazine rings is 1. The Kier molecular flexibility index (Phi) is 4.80. The zero-order valence-electron chi connectivity index (χ0n) is 9.79. The number of nitriles is 1. The number of carbonyl (C=O) groups excluding carboxylic acids is 1. The third-order valence-electron chi connectivity index (χ3n) is 2.25. The highest BCUT2D eigenvalue weighted by Gasteiger charge is 2.13. The van der Waals surface area contributed by atoms with E-state index in [-0.39, 0.29) is 17.5 Å². The van der Waals surface area contributed by atoms with Crippen molar-refractivity contribution >= 4 is 5.91 Å². The van der Waals surface area contributed by atoms with E-state index in [0.29, 0.717) is 0 Å². The fourth-order valence-corrected chi connectivity index (χ4v) is 1.47. The van der Waals surface area contributed by atoms with E-state index in [1.165, 1.54) is 0 Å². The highest BCUT2D eigenvalue weighted by Crippen LogP contribution is 2.00. The first-order chi connectivity index (χ1) is 7.63. The van der Waals surface area contributed by atoms with Gasteiger partial charge in [0, 0.05) is 38.4 Å². The van der Waals surface area contributed by atoms with Gasteiger partial charge in [-0.3, -0.25) is 4.79 Å². The summed E-state index contributed by atoms with van der Waals surface area (Å²) in [5.41, 5.74) is 0.176. The van der Waals surface area contributed by atoms with Gasteiger partial charge in [-0.05, 0) is 13.8 Å². The summed E-state index contributed by atoms with van der Waals surface area (Å²) in [5.74, 6) is -0.295. The fraction of sp³-hybridized carbons (Fsp3) is 0.636. The van der Waals surface area contributed by atoms with Crippen LogP contribution in [0.4, 0.5) is 0 Å². The van der Waals surface area contributed by atoms with E-state index in [1.807, 2.05) is 24.8 Å². The van der Waals surface area contributed by atoms with Gasteiger partial charge in [-0.25, -0.2) is 0 Å². The van der Waals surface area contributed by atoms with Gasteiger partial charge < -0.3 is 15.5 Å². The van der Waals surface area contributed by atoms with Crippen LogP contribution in [0.15, 0.2) is 11.8 Å². The maximum absolute atomic E-state index is 11.6. The van der Waals surface area contributed by atoms with Crippen molar-refractivity contribution in [3.63, 3.8) is 0 Å². The number of nitrogens with one attached hydrogen (secondary N) is 2. The van der Waals surface area contributed by atoms with Crippen LogP contribution in [0.3, 0.4) is 0 Å². The molecule has 0 atom stereocenters. The first-order valence-electron chi connectivity index (χ1n) is 5.51. The summed E-state index contributed by atoms with van der Waals surface area (Å²) < 4.78 is 0. The summed E-state index contributed by atoms with van der Waals surface area (Å²) in [5, 5.41) is 14.8. The molecule has 16 heavy (non-hydrogen) atoms. The number of rotatable bonds is 3. The average molecular weight is 222 g/mol. The van der Waals surface area contributed by atoms with E-state index in [9.17, 15) is 4.79 Å². The van der Waals surface area contributed by atoms with Crippen molar-refractivity contribution in [2.75, 3.05) is 26.2 Å². The minimum absolute atomic E-state index is 0.0484. The van der Waals surface area contributed by atoms with Gasteiger partial charge in [0.15, 0.2) is 0 Å². The second kappa shape index (κ2) is 6.13. The van der Waals surface area contributed by atoms with Crippen LogP contribution >= 0.6 is 0 Å². The molecule has 88 valence electrons. The summed E-state index contributed by atoms with van der Waals surface area (Å²) in [6.07, 6.45) is 1.65. The predicted octanol–water partition coefficient (Wildman–Crippen LogP) is -0.176. The minimum atomic E-state index is -0.295. The van der Waals surface area contributed by atoms with Crippen molar-refractivity contribution in [3.05, 3.63) is 11.8 Å². The Labute approximate surface area is 96.1 Å². The average Bonchev–Trinajstić information content (AvgIpc) is 2.26. The Morgan fingerprint density at radius 2 is 2.12 bits per heavy atom. The zero-order chi connectivity index (χ0) is 12.0. The van der Waals surface area contributed by atoms with E-state index < -0.39 is 0 Å². The molecule has 0 bridgehead atoms. The molecule has 0 aliphatic carbocycles. The number of carbonyl (C=O) groups is 1. The predicted molar refractivity (Wildman–Crippen MR) is 61.4 cm³/mol. The van der Waals surface area contributed by atoms with E-state index in [0.717, 1.165) is 26.2 Å². The molecular weight excluding hydrogens is 204 g/mol. The normalized spacial score (nSPS) is 17.1. The molecule has 1 aliphatic heterocycles. The highest BCUT2D eigenvalue weighted by atomic mass is 16.1. The molecule has 0 radical (unpaired) electrons. The lowest BCUT2D eigenvalue weighted by atomic mass is 10.2. The first-order valence-corrected chi connectivity index (χ1v) is 5.51. The lowest BCUT2D eigenvalue weighted by molar-refractivity contribution is -0.117. The lowest BCUT2D eigenvalue weighted by Crippen LogP contribution is -2.41. The van der Waals surface area contributed by atoms with Crippen molar-refractivity contribution in [2.45, 2.75) is 19.9 Å². The molecule has 0 aromatic heterocycles. The summed E-state index contributed by atoms with van der Waals surface area (Å²) in [4.78, 5) is 13.6. The molecule has 1 fully saturated rings. The number of hydrogen-bond donors (Lipinski definition) is 2. The molecular formula is C11H18N4O. The SMILES string of the molecule is CC(C)NC(=O)/C(C#N)=C\N1CCNCC1. The van der Waals surface area contributed by atoms with Crippen molar-refractivity contribution in [1.29, 1.82) is 5.26 Å². The number of amides is 1. The molecule has 0 saturated carbocycles. The topological polar surface area (TPSA) is 68.2 Å². The minimum Gasteiger partial charge on any atom is -0.374 e. The molecule has 0 unspecified atom stereocenters. The third kappa shape index (κ3) is 3.91. The highest BCUT2D eigenvalue weighted by molar-refractivity contribution is 5.97. The Hall–Kier alpha value is -1.54. The van der Waals surface area contributed by atoms with Gasteiger partial charge in [-0.15, -0.1) is 0 Å². The zero-order valence-corrected chi connectivity index (χ0v) is 9.79. The van der Waals surface area contributed by atoms with Gasteiger partial charge in [-0.2, -0.15) is 5.26 Å². The molecule has 2 N–H and O–H groups in total. The second-order valence-electron chi connectivity index (χ2n) is 4.07. The van der Waals surface area contributed by atoms with Crippen LogP contribution in [0, 0.1) is 11.3 Å². The van der Waals surface area contributed by atoms with Crippen LogP contribution in [0.2, 0.25) is 0 Å². The molecule has 1 heterocycles. The summed E-state index contributed by atoms with van der Waals surface area (Å²) in [6.45, 7) is 7.19. The maximum Gasteiger partial charge on any atom is 0.263 e. The molecule has 0 spiro atoms. The fourth-order valence-electron chi connectivity index (χ4n) is 1.47. The smallest absolute Gasteiger partial charge is 0.263 e. The summed E-state index contributed by atoms with van der Waals surface area (Å²) >= 11 is 0. The Balaban J connectivity index is 2.61. The molecule has 5 nitrogen and oxygen atoms in total. The van der Waals surface area contributed by atoms with Crippen LogP contribution in [-0.4, -0.2) is 43.0 Å². The molecule has 5 heteroatoms. The standard InChI is InChI=1S/C11H18N4O/c1-9(2)14-11(16)10(7-12)8-15-5-3-13-4-6-15/h8-9,13H,3-6H2,1-2H3,(H,14,16)/b10-8-. The molecule has 0 aromatic rings. The van der Waals surface area contributed by atoms with E-state index >= 15 is 0 Å². The van der Waals surface area contributed by atoms with Gasteiger partial charge >= 0.3 is 0 Å². The largest absolute Gasteiger partial charge is 0.374 e. The monoisotopic (exact) mass is 222 g/mol. The molecule has 1 aliphatic rings. The van der Waals surface area contributed by atoms with Crippen LogP contribution in [0.25, 0.3) is 0 Å². The van der Waals surface area contributed by atoms with E-state index in [1.54, 1.807) is 6.20 Å². The molecule has 1 saturated heterocycles. The second-order valence-corrected chi connectivity index (χ2v) is 4.07.